The van der Waals surface area contributed by atoms with E-state index >= 15 is 0 Å². The van der Waals surface area contributed by atoms with Crippen molar-refractivity contribution in [3.05, 3.63) is 233 Å². The molecule has 1 aromatic heterocycles. The smallest absolute Gasteiger partial charge is 0.373 e. The summed E-state index contributed by atoms with van der Waals surface area (Å²) in [6.07, 6.45) is 8.60. The van der Waals surface area contributed by atoms with E-state index in [4.69, 9.17) is 24.3 Å². The molecule has 0 radical (unpaired) electrons. The Kier molecular flexibility index (Phi) is 24.2. The number of imidazole rings is 1. The number of hydrogen-bond donors (Lipinski definition) is 0. The van der Waals surface area contributed by atoms with Crippen LogP contribution in [0.2, 0.25) is 0 Å². The number of esters is 1. The van der Waals surface area contributed by atoms with E-state index < -0.39 is 6.04 Å². The van der Waals surface area contributed by atoms with Crippen LogP contribution in [0.4, 0.5) is 0 Å². The molecule has 0 aliphatic heterocycles. The van der Waals surface area contributed by atoms with Crippen LogP contribution in [0.15, 0.2) is 187 Å². The Morgan fingerprint density at radius 2 is 1.03 bits per heavy atom. The van der Waals surface area contributed by atoms with E-state index in [1.807, 2.05) is 75.4 Å². The first-order chi connectivity index (χ1) is 35.5. The maximum atomic E-state index is 13.3. The average Bonchev–Trinajstić information content (AvgIpc) is 3.74. The van der Waals surface area contributed by atoms with Gasteiger partial charge >= 0.3 is 12.1 Å². The minimum atomic E-state index is -0.588. The number of nitrogens with zero attached hydrogens (tertiary/aromatic N) is 3. The second kappa shape index (κ2) is 31.2. The molecule has 0 bridgehead atoms. The average molecular weight is 978 g/mol. The molecular weight excluding hydrogens is 903 g/mol. The zero-order valence-electron chi connectivity index (χ0n) is 43.9. The molecule has 0 aliphatic carbocycles. The van der Waals surface area contributed by atoms with Crippen LogP contribution in [-0.2, 0) is 62.4 Å². The lowest BCUT2D eigenvalue weighted by atomic mass is 9.85. The van der Waals surface area contributed by atoms with Gasteiger partial charge < -0.3 is 9.30 Å². The van der Waals surface area contributed by atoms with Crippen LogP contribution in [0.3, 0.4) is 0 Å². The van der Waals surface area contributed by atoms with E-state index in [9.17, 15) is 9.59 Å². The topological polar surface area (TPSA) is 108 Å². The highest BCUT2D eigenvalue weighted by atomic mass is 16.5. The van der Waals surface area contributed by atoms with Gasteiger partial charge in [0.15, 0.2) is 0 Å². The van der Waals surface area contributed by atoms with E-state index in [0.717, 1.165) is 67.3 Å². The summed E-state index contributed by atoms with van der Waals surface area (Å²) in [5.41, 5.74) is 11.0. The monoisotopic (exact) mass is 978 g/mol. The van der Waals surface area contributed by atoms with Crippen molar-refractivity contribution in [1.82, 2.24) is 9.55 Å². The molecule has 0 spiro atoms. The number of rotatable bonds is 24. The number of Topliss-reactive ketones (excluding diaryl/α,β-unsaturated/α-hetero) is 1. The number of hydrogen-bond acceptors (Lipinski definition) is 7. The molecule has 7 aromatic rings. The van der Waals surface area contributed by atoms with Crippen molar-refractivity contribution in [2.75, 3.05) is 6.61 Å². The largest absolute Gasteiger partial charge is 0.464 e. The molecule has 8 nitrogen and oxygen atoms in total. The van der Waals surface area contributed by atoms with Crippen molar-refractivity contribution in [3.8, 4) is 0 Å². The van der Waals surface area contributed by atoms with Crippen LogP contribution in [0, 0.1) is 18.8 Å². The second-order valence-electron chi connectivity index (χ2n) is 19.0. The Morgan fingerprint density at radius 3 is 1.49 bits per heavy atom. The minimum absolute atomic E-state index is 0.0817. The highest BCUT2D eigenvalue weighted by Crippen LogP contribution is 2.31. The van der Waals surface area contributed by atoms with E-state index in [1.165, 1.54) is 33.9 Å². The van der Waals surface area contributed by atoms with Gasteiger partial charge in [0, 0.05) is 48.0 Å². The first-order valence-corrected chi connectivity index (χ1v) is 26.1. The lowest BCUT2D eigenvalue weighted by Gasteiger charge is -2.24. The number of carbonyl (C=O) groups is 2. The van der Waals surface area contributed by atoms with Crippen LogP contribution < -0.4 is 0 Å². The number of aryl methyl sites for hydroxylation is 2. The van der Waals surface area contributed by atoms with E-state index in [-0.39, 0.29) is 29.7 Å². The SMILES string of the molecule is CCOC(=O)C(CCc1ccccc1)N=C(C)C(CC(=O)C(C)Cc1ccccc1)Cc1ccccc1.CC[C@@H](CCc1ccccc1)n1c([C@H](C)Cc2ccccc2)nc(Cc2ccccc2)c1C.O=C=O. The normalized spacial score (nSPS) is 13.1. The van der Waals surface area contributed by atoms with E-state index in [2.05, 4.69) is 153 Å². The van der Waals surface area contributed by atoms with Crippen molar-refractivity contribution >= 4 is 23.6 Å². The summed E-state index contributed by atoms with van der Waals surface area (Å²) in [6, 6.07) is 62.7. The fraction of sp³-hybridized carbons (Fsp3) is 0.338. The molecule has 73 heavy (non-hydrogen) atoms. The van der Waals surface area contributed by atoms with Crippen molar-refractivity contribution in [3.63, 3.8) is 0 Å². The molecular formula is C65H75N3O5. The van der Waals surface area contributed by atoms with E-state index in [0.29, 0.717) is 37.8 Å². The fourth-order valence-electron chi connectivity index (χ4n) is 9.47. The predicted molar refractivity (Wildman–Crippen MR) is 295 cm³/mol. The number of carbonyl (C=O) groups excluding carboxylic acids is 4. The summed E-state index contributed by atoms with van der Waals surface area (Å²) in [7, 11) is 0. The van der Waals surface area contributed by atoms with Crippen LogP contribution >= 0.6 is 0 Å². The van der Waals surface area contributed by atoms with Gasteiger partial charge in [-0.3, -0.25) is 9.79 Å². The highest BCUT2D eigenvalue weighted by molar-refractivity contribution is 5.92. The highest BCUT2D eigenvalue weighted by Gasteiger charge is 2.26. The number of aromatic nitrogens is 2. The number of aliphatic imine (C=N–C) groups is 1. The van der Waals surface area contributed by atoms with Gasteiger partial charge in [0.1, 0.15) is 17.6 Å². The lowest BCUT2D eigenvalue weighted by molar-refractivity contribution is -0.191. The van der Waals surface area contributed by atoms with Crippen LogP contribution in [0.5, 0.6) is 0 Å². The van der Waals surface area contributed by atoms with Crippen molar-refractivity contribution in [2.24, 2.45) is 16.8 Å². The molecule has 380 valence electrons. The Morgan fingerprint density at radius 1 is 0.603 bits per heavy atom. The molecule has 0 amide bonds. The Labute approximate surface area is 435 Å². The number of ketones is 1. The minimum Gasteiger partial charge on any atom is -0.464 e. The number of benzene rings is 6. The van der Waals surface area contributed by atoms with Gasteiger partial charge in [0.25, 0.3) is 0 Å². The summed E-state index contributed by atoms with van der Waals surface area (Å²) in [4.78, 5) is 52.6. The van der Waals surface area contributed by atoms with Crippen LogP contribution in [0.25, 0.3) is 0 Å². The van der Waals surface area contributed by atoms with Crippen molar-refractivity contribution in [1.29, 1.82) is 0 Å². The fourth-order valence-corrected chi connectivity index (χ4v) is 9.47. The van der Waals surface area contributed by atoms with Gasteiger partial charge in [-0.1, -0.05) is 203 Å². The molecule has 0 N–H and O–H groups in total. The molecule has 1 heterocycles. The summed E-state index contributed by atoms with van der Waals surface area (Å²) < 4.78 is 7.94. The summed E-state index contributed by atoms with van der Waals surface area (Å²) in [5.74, 6) is 1.34. The molecule has 7 rings (SSSR count). The molecule has 5 atom stereocenters. The summed E-state index contributed by atoms with van der Waals surface area (Å²) in [6.45, 7) is 13.0. The Balaban J connectivity index is 0.000000258. The molecule has 3 unspecified atom stereocenters. The van der Waals surface area contributed by atoms with Gasteiger partial charge in [0.05, 0.1) is 12.3 Å². The quantitative estimate of drug-likeness (QED) is 0.0441. The Hall–Kier alpha value is -7.28. The second-order valence-corrected chi connectivity index (χ2v) is 19.0. The standard InChI is InChI=1S/C33H39NO3.C31H36N2.CO2/c1-4-37-33(36)31(21-20-27-14-8-5-9-15-27)34-26(3)30(23-29-18-12-7-13-19-29)24-32(35)25(2)22-28-16-10-6-11-17-28;1-4-29(21-20-26-14-8-5-9-15-26)33-25(3)30(23-28-18-12-7-13-19-28)32-31(33)24(2)22-27-16-10-6-11-17-27;2-1-3/h5-19,25,30-31H,4,20-24H2,1-3H3;5-19,24,29H,4,20-23H2,1-3H3;/t;24-,29+;/m.1./s1. The first-order valence-electron chi connectivity index (χ1n) is 26.1. The third kappa shape index (κ3) is 19.0. The molecule has 0 saturated carbocycles. The molecule has 6 aromatic carbocycles. The summed E-state index contributed by atoms with van der Waals surface area (Å²) >= 11 is 0. The van der Waals surface area contributed by atoms with E-state index in [1.54, 1.807) is 0 Å². The van der Waals surface area contributed by atoms with Crippen molar-refractivity contribution < 1.29 is 23.9 Å². The predicted octanol–water partition coefficient (Wildman–Crippen LogP) is 13.8. The summed E-state index contributed by atoms with van der Waals surface area (Å²) in [5, 5.41) is 0. The number of ether oxygens (including phenoxy) is 1. The zero-order chi connectivity index (χ0) is 52.2. The molecule has 0 fully saturated rings. The molecule has 0 aliphatic rings. The maximum absolute atomic E-state index is 13.3. The van der Waals surface area contributed by atoms with Crippen LogP contribution in [-0.4, -0.2) is 45.8 Å². The third-order valence-corrected chi connectivity index (χ3v) is 13.5. The van der Waals surface area contributed by atoms with Gasteiger partial charge in [-0.15, -0.1) is 0 Å². The molecule has 0 saturated heterocycles. The zero-order valence-corrected chi connectivity index (χ0v) is 43.9. The van der Waals surface area contributed by atoms with Gasteiger partial charge in [0.2, 0.25) is 0 Å². The van der Waals surface area contributed by atoms with Crippen molar-refractivity contribution in [2.45, 2.75) is 124 Å². The Bertz CT molecular complexity index is 2720. The molecule has 8 heteroatoms. The lowest BCUT2D eigenvalue weighted by Crippen LogP contribution is -2.28. The van der Waals surface area contributed by atoms with Gasteiger partial charge in [-0.2, -0.15) is 9.59 Å². The van der Waals surface area contributed by atoms with Gasteiger partial charge in [-0.25, -0.2) is 9.78 Å². The maximum Gasteiger partial charge on any atom is 0.373 e. The first kappa shape index (κ1) is 56.6. The third-order valence-electron chi connectivity index (χ3n) is 13.5. The van der Waals surface area contributed by atoms with Crippen LogP contribution in [0.1, 0.15) is 123 Å². The van der Waals surface area contributed by atoms with Gasteiger partial charge in [-0.05, 0) is 106 Å².